The average molecular weight is 339 g/mol. The van der Waals surface area contributed by atoms with Gasteiger partial charge in [0.2, 0.25) is 0 Å². The molecule has 0 amide bonds. The molecule has 0 saturated heterocycles. The largest absolute Gasteiger partial charge is 0.0654 e. The monoisotopic (exact) mass is 338 g/mol. The van der Waals surface area contributed by atoms with Gasteiger partial charge in [0.05, 0.1) is 0 Å². The van der Waals surface area contributed by atoms with Gasteiger partial charge in [-0.1, -0.05) is 118 Å². The summed E-state index contributed by atoms with van der Waals surface area (Å²) in [7, 11) is 0. The first-order chi connectivity index (χ1) is 11.6. The molecule has 24 heavy (non-hydrogen) atoms. The molecule has 0 bridgehead atoms. The molecule has 0 nitrogen and oxygen atoms in total. The molecule has 0 saturated carbocycles. The zero-order valence-electron chi connectivity index (χ0n) is 18.1. The highest BCUT2D eigenvalue weighted by atomic mass is 14.3. The van der Waals surface area contributed by atoms with Crippen molar-refractivity contribution in [3.8, 4) is 0 Å². The van der Waals surface area contributed by atoms with Crippen molar-refractivity contribution in [3.63, 3.8) is 0 Å². The molecule has 146 valence electrons. The summed E-state index contributed by atoms with van der Waals surface area (Å²) in [4.78, 5) is 0. The molecule has 0 aliphatic heterocycles. The number of unbranched alkanes of at least 4 members (excludes halogenated alkanes) is 8. The molecule has 0 N–H and O–H groups in total. The lowest BCUT2D eigenvalue weighted by molar-refractivity contribution is 0.148. The van der Waals surface area contributed by atoms with Gasteiger partial charge in [0.15, 0.2) is 0 Å². The van der Waals surface area contributed by atoms with Gasteiger partial charge in [0.1, 0.15) is 0 Å². The van der Waals surface area contributed by atoms with E-state index >= 15 is 0 Å². The molecular formula is C24H50. The molecule has 1 unspecified atom stereocenters. The third-order valence-corrected chi connectivity index (χ3v) is 6.01. The maximum Gasteiger partial charge on any atom is -0.0295 e. The van der Waals surface area contributed by atoms with E-state index < -0.39 is 0 Å². The maximum atomic E-state index is 2.55. The number of rotatable bonds is 18. The highest BCUT2D eigenvalue weighted by molar-refractivity contribution is 4.81. The Morgan fingerprint density at radius 1 is 0.542 bits per heavy atom. The van der Waals surface area contributed by atoms with E-state index in [0.29, 0.717) is 5.41 Å². The first-order valence-corrected chi connectivity index (χ1v) is 11.6. The van der Waals surface area contributed by atoms with Crippen molar-refractivity contribution >= 4 is 0 Å². The van der Waals surface area contributed by atoms with Crippen molar-refractivity contribution in [2.24, 2.45) is 11.3 Å². The molecule has 0 aliphatic rings. The molecule has 0 radical (unpaired) electrons. The van der Waals surface area contributed by atoms with Crippen molar-refractivity contribution in [2.45, 2.75) is 144 Å². The van der Waals surface area contributed by atoms with Crippen molar-refractivity contribution in [1.82, 2.24) is 0 Å². The van der Waals surface area contributed by atoms with Crippen LogP contribution in [0.3, 0.4) is 0 Å². The van der Waals surface area contributed by atoms with Crippen LogP contribution in [0.4, 0.5) is 0 Å². The van der Waals surface area contributed by atoms with Gasteiger partial charge in [-0.15, -0.1) is 0 Å². The Hall–Kier alpha value is 0. The van der Waals surface area contributed by atoms with Gasteiger partial charge in [0, 0.05) is 0 Å². The molecule has 0 aromatic heterocycles. The Morgan fingerprint density at radius 2 is 1.00 bits per heavy atom. The Balaban J connectivity index is 4.61. The van der Waals surface area contributed by atoms with E-state index in [1.54, 1.807) is 0 Å². The molecule has 0 aromatic rings. The van der Waals surface area contributed by atoms with Crippen molar-refractivity contribution in [2.75, 3.05) is 0 Å². The first kappa shape index (κ1) is 24.0. The highest BCUT2D eigenvalue weighted by Crippen LogP contribution is 2.43. The normalized spacial score (nSPS) is 13.4. The number of hydrogen-bond donors (Lipinski definition) is 0. The van der Waals surface area contributed by atoms with E-state index in [9.17, 15) is 0 Å². The van der Waals surface area contributed by atoms with E-state index in [2.05, 4.69) is 34.6 Å². The van der Waals surface area contributed by atoms with Gasteiger partial charge in [-0.05, 0) is 37.0 Å². The predicted octanol–water partition coefficient (Wildman–Crippen LogP) is 9.32. The molecule has 1 atom stereocenters. The fourth-order valence-corrected chi connectivity index (χ4v) is 4.47. The second kappa shape index (κ2) is 16.5. The minimum atomic E-state index is 0.671. The zero-order valence-corrected chi connectivity index (χ0v) is 18.1. The third-order valence-electron chi connectivity index (χ3n) is 6.01. The van der Waals surface area contributed by atoms with Crippen LogP contribution >= 0.6 is 0 Å². The first-order valence-electron chi connectivity index (χ1n) is 11.6. The fraction of sp³-hybridized carbons (Fsp3) is 1.00. The molecule has 0 heterocycles. The fourth-order valence-electron chi connectivity index (χ4n) is 4.47. The molecular weight excluding hydrogens is 288 g/mol. The molecule has 0 heteroatoms. The van der Waals surface area contributed by atoms with E-state index in [1.165, 1.54) is 109 Å². The van der Waals surface area contributed by atoms with Crippen LogP contribution in [0.1, 0.15) is 144 Å². The third kappa shape index (κ3) is 12.4. The summed E-state index contributed by atoms with van der Waals surface area (Å²) in [5.41, 5.74) is 0.671. The van der Waals surface area contributed by atoms with Crippen molar-refractivity contribution in [1.29, 1.82) is 0 Å². The summed E-state index contributed by atoms with van der Waals surface area (Å²) >= 11 is 0. The van der Waals surface area contributed by atoms with E-state index in [1.807, 2.05) is 0 Å². The van der Waals surface area contributed by atoms with Gasteiger partial charge < -0.3 is 0 Å². The summed E-state index contributed by atoms with van der Waals surface area (Å²) in [6, 6.07) is 0. The van der Waals surface area contributed by atoms with Crippen LogP contribution in [-0.4, -0.2) is 0 Å². The lowest BCUT2D eigenvalue weighted by Crippen LogP contribution is -2.24. The van der Waals surface area contributed by atoms with Gasteiger partial charge in [-0.3, -0.25) is 0 Å². The summed E-state index contributed by atoms with van der Waals surface area (Å²) in [6.07, 6.45) is 24.5. The van der Waals surface area contributed by atoms with Crippen LogP contribution < -0.4 is 0 Å². The number of hydrogen-bond acceptors (Lipinski definition) is 0. The highest BCUT2D eigenvalue weighted by Gasteiger charge is 2.30. The van der Waals surface area contributed by atoms with E-state index in [4.69, 9.17) is 0 Å². The minimum absolute atomic E-state index is 0.671. The van der Waals surface area contributed by atoms with Gasteiger partial charge in [-0.2, -0.15) is 0 Å². The zero-order chi connectivity index (χ0) is 18.1. The summed E-state index contributed by atoms with van der Waals surface area (Å²) < 4.78 is 0. The lowest BCUT2D eigenvalue weighted by Gasteiger charge is -2.37. The summed E-state index contributed by atoms with van der Waals surface area (Å²) in [6.45, 7) is 11.9. The summed E-state index contributed by atoms with van der Waals surface area (Å²) in [5.74, 6) is 0.932. The molecule has 0 spiro atoms. The van der Waals surface area contributed by atoms with Gasteiger partial charge >= 0.3 is 0 Å². The second-order valence-corrected chi connectivity index (χ2v) is 8.68. The molecule has 0 rings (SSSR count). The van der Waals surface area contributed by atoms with E-state index in [-0.39, 0.29) is 0 Å². The topological polar surface area (TPSA) is 0 Å². The van der Waals surface area contributed by atoms with Crippen LogP contribution in [0.2, 0.25) is 0 Å². The summed E-state index contributed by atoms with van der Waals surface area (Å²) in [5, 5.41) is 0. The predicted molar refractivity (Wildman–Crippen MR) is 113 cm³/mol. The van der Waals surface area contributed by atoms with Gasteiger partial charge in [0.25, 0.3) is 0 Å². The Bertz CT molecular complexity index is 234. The minimum Gasteiger partial charge on any atom is -0.0654 e. The quantitative estimate of drug-likeness (QED) is 0.218. The molecule has 0 aromatic carbocycles. The second-order valence-electron chi connectivity index (χ2n) is 8.68. The Labute approximate surface area is 155 Å². The maximum absolute atomic E-state index is 2.55. The Morgan fingerprint density at radius 3 is 1.50 bits per heavy atom. The standard InChI is InChI=1S/C24H50/c1-6-10-14-16-18-23(5)22-24(19-12-8-3,20-13-9-4)21-17-15-11-7-2/h23H,6-22H2,1-5H3. The smallest absolute Gasteiger partial charge is 0.0295 e. The van der Waals surface area contributed by atoms with Crippen molar-refractivity contribution in [3.05, 3.63) is 0 Å². The average Bonchev–Trinajstić information content (AvgIpc) is 2.59. The van der Waals surface area contributed by atoms with Crippen molar-refractivity contribution < 1.29 is 0 Å². The molecule has 0 fully saturated rings. The van der Waals surface area contributed by atoms with Crippen LogP contribution in [0.5, 0.6) is 0 Å². The van der Waals surface area contributed by atoms with E-state index in [0.717, 1.165) is 5.92 Å². The van der Waals surface area contributed by atoms with Crippen LogP contribution in [0, 0.1) is 11.3 Å². The van der Waals surface area contributed by atoms with Crippen LogP contribution in [0.15, 0.2) is 0 Å². The lowest BCUT2D eigenvalue weighted by atomic mass is 9.68. The molecule has 0 aliphatic carbocycles. The Kier molecular flexibility index (Phi) is 16.5. The van der Waals surface area contributed by atoms with Gasteiger partial charge in [-0.25, -0.2) is 0 Å². The van der Waals surface area contributed by atoms with Crippen LogP contribution in [0.25, 0.3) is 0 Å². The van der Waals surface area contributed by atoms with Crippen LogP contribution in [-0.2, 0) is 0 Å². The SMILES string of the molecule is CCCCCCC(C)CC(CCCC)(CCCC)CCCCCC.